The minimum atomic E-state index is -1.04. The van der Waals surface area contributed by atoms with Gasteiger partial charge in [0.1, 0.15) is 12.4 Å². The quantitative estimate of drug-likeness (QED) is 0.229. The molecule has 4 N–H and O–H groups in total. The van der Waals surface area contributed by atoms with E-state index in [2.05, 4.69) is 30.9 Å². The molecular formula is C25H31FN6O6. The zero-order valence-corrected chi connectivity index (χ0v) is 21.5. The number of fused-ring (bicyclic) bond motifs is 1. The number of anilines is 2. The van der Waals surface area contributed by atoms with Crippen LogP contribution in [-0.2, 0) is 19.0 Å². The van der Waals surface area contributed by atoms with Gasteiger partial charge in [0.15, 0.2) is 5.65 Å². The minimum absolute atomic E-state index is 0.0313. The number of aromatic nitrogens is 3. The highest BCUT2D eigenvalue weighted by molar-refractivity contribution is 5.91. The maximum absolute atomic E-state index is 14.7. The van der Waals surface area contributed by atoms with Gasteiger partial charge in [-0.1, -0.05) is 0 Å². The van der Waals surface area contributed by atoms with Gasteiger partial charge in [0.2, 0.25) is 5.95 Å². The molecule has 0 saturated heterocycles. The largest absolute Gasteiger partial charge is 0.480 e. The number of aliphatic carboxylic acids is 1. The summed E-state index contributed by atoms with van der Waals surface area (Å²) in [4.78, 5) is 35.8. The zero-order valence-electron chi connectivity index (χ0n) is 21.5. The van der Waals surface area contributed by atoms with Crippen molar-refractivity contribution >= 4 is 34.7 Å². The summed E-state index contributed by atoms with van der Waals surface area (Å²) in [6.45, 7) is 4.71. The molecule has 0 aliphatic heterocycles. The Morgan fingerprint density at radius 2 is 1.68 bits per heavy atom. The molecule has 3 rings (SSSR count). The molecule has 13 heteroatoms. The highest BCUT2D eigenvalue weighted by Gasteiger charge is 2.15. The molecule has 1 aromatic carbocycles. The first-order valence-corrected chi connectivity index (χ1v) is 11.9. The van der Waals surface area contributed by atoms with Crippen molar-refractivity contribution in [2.24, 2.45) is 0 Å². The number of halogens is 1. The van der Waals surface area contributed by atoms with Gasteiger partial charge in [-0.3, -0.25) is 0 Å². The van der Waals surface area contributed by atoms with Crippen molar-refractivity contribution in [3.8, 4) is 11.1 Å². The molecule has 12 nitrogen and oxygen atoms in total. The van der Waals surface area contributed by atoms with E-state index >= 15 is 0 Å². The number of rotatable bonds is 14. The predicted octanol–water partition coefficient (Wildman–Crippen LogP) is 2.75. The van der Waals surface area contributed by atoms with E-state index in [0.717, 1.165) is 16.5 Å². The van der Waals surface area contributed by atoms with Crippen LogP contribution in [0.2, 0.25) is 0 Å². The number of hydrogen-bond acceptors (Lipinski definition) is 9. The number of nitrogens with one attached hydrogen (secondary N) is 3. The number of carbonyl (C=O) groups excluding carboxylic acids is 1. The predicted molar refractivity (Wildman–Crippen MR) is 139 cm³/mol. The van der Waals surface area contributed by atoms with Gasteiger partial charge in [-0.15, -0.1) is 0 Å². The first kappa shape index (κ1) is 28.6. The lowest BCUT2D eigenvalue weighted by Crippen LogP contribution is -2.32. The third-order valence-corrected chi connectivity index (χ3v) is 5.34. The molecule has 0 atom stereocenters. The molecular weight excluding hydrogens is 499 g/mol. The average Bonchev–Trinajstić information content (AvgIpc) is 2.88. The Morgan fingerprint density at radius 1 is 0.974 bits per heavy atom. The highest BCUT2D eigenvalue weighted by atomic mass is 19.1. The minimum Gasteiger partial charge on any atom is -0.480 e. The fourth-order valence-electron chi connectivity index (χ4n) is 3.51. The van der Waals surface area contributed by atoms with Gasteiger partial charge in [-0.2, -0.15) is 4.98 Å². The van der Waals surface area contributed by atoms with Crippen molar-refractivity contribution in [3.63, 3.8) is 0 Å². The van der Waals surface area contributed by atoms with E-state index in [1.165, 1.54) is 6.07 Å². The fraction of sp³-hybridized carbons (Fsp3) is 0.400. The van der Waals surface area contributed by atoms with Crippen LogP contribution in [0.25, 0.3) is 22.2 Å². The Bertz CT molecular complexity index is 1270. The number of carbonyl (C=O) groups is 2. The van der Waals surface area contributed by atoms with Crippen LogP contribution in [0.5, 0.6) is 0 Å². The summed E-state index contributed by atoms with van der Waals surface area (Å²) in [5.74, 6) is -1.13. The van der Waals surface area contributed by atoms with Gasteiger partial charge in [-0.25, -0.2) is 23.9 Å². The number of benzene rings is 1. The number of nitrogens with zero attached hydrogens (tertiary/aromatic N) is 3. The third-order valence-electron chi connectivity index (χ3n) is 5.34. The van der Waals surface area contributed by atoms with E-state index < -0.39 is 17.8 Å². The lowest BCUT2D eigenvalue weighted by Gasteiger charge is -2.14. The van der Waals surface area contributed by atoms with E-state index in [1.54, 1.807) is 26.2 Å². The van der Waals surface area contributed by atoms with Crippen molar-refractivity contribution in [2.45, 2.75) is 13.8 Å². The Kier molecular flexibility index (Phi) is 10.6. The van der Waals surface area contributed by atoms with Gasteiger partial charge in [0.25, 0.3) is 0 Å². The highest BCUT2D eigenvalue weighted by Crippen LogP contribution is 2.32. The molecule has 0 aliphatic carbocycles. The first-order chi connectivity index (χ1) is 18.3. The van der Waals surface area contributed by atoms with Crippen LogP contribution in [0, 0.1) is 19.7 Å². The molecule has 0 fully saturated rings. The van der Waals surface area contributed by atoms with E-state index in [0.29, 0.717) is 36.1 Å². The van der Waals surface area contributed by atoms with Crippen LogP contribution in [0.1, 0.15) is 11.3 Å². The molecule has 0 radical (unpaired) electrons. The van der Waals surface area contributed by atoms with Gasteiger partial charge in [0, 0.05) is 36.4 Å². The van der Waals surface area contributed by atoms with E-state index in [-0.39, 0.29) is 38.7 Å². The van der Waals surface area contributed by atoms with Crippen LogP contribution in [0.4, 0.5) is 20.8 Å². The summed E-state index contributed by atoms with van der Waals surface area (Å²) in [6.07, 6.45) is 1.67. The number of pyridine rings is 1. The molecule has 2 amide bonds. The molecule has 2 aromatic heterocycles. The SMILES string of the molecule is CNc1ncc2cc(-c3cc(NC(=O)NCCOCCOCCOCC(=O)O)c(F)cc3C)c(C)nc2n1. The van der Waals surface area contributed by atoms with Crippen molar-refractivity contribution in [1.29, 1.82) is 0 Å². The third kappa shape index (κ3) is 8.30. The summed E-state index contributed by atoms with van der Waals surface area (Å²) in [5, 5.41) is 17.2. The second-order valence-corrected chi connectivity index (χ2v) is 8.18. The first-order valence-electron chi connectivity index (χ1n) is 11.9. The Morgan fingerprint density at radius 3 is 2.39 bits per heavy atom. The van der Waals surface area contributed by atoms with Crippen LogP contribution < -0.4 is 16.0 Å². The van der Waals surface area contributed by atoms with Crippen molar-refractivity contribution in [2.75, 3.05) is 63.9 Å². The monoisotopic (exact) mass is 530 g/mol. The Hall–Kier alpha value is -3.94. The van der Waals surface area contributed by atoms with E-state index in [1.807, 2.05) is 13.0 Å². The Balaban J connectivity index is 1.51. The second kappa shape index (κ2) is 14.1. The maximum atomic E-state index is 14.7. The number of aryl methyl sites for hydroxylation is 2. The summed E-state index contributed by atoms with van der Waals surface area (Å²) in [6, 6.07) is 4.27. The lowest BCUT2D eigenvalue weighted by atomic mass is 9.97. The Labute approximate surface area is 218 Å². The topological polar surface area (TPSA) is 157 Å². The normalized spacial score (nSPS) is 10.9. The number of amides is 2. The molecule has 0 aliphatic rings. The van der Waals surface area contributed by atoms with Gasteiger partial charge >= 0.3 is 12.0 Å². The maximum Gasteiger partial charge on any atom is 0.329 e. The summed E-state index contributed by atoms with van der Waals surface area (Å²) >= 11 is 0. The van der Waals surface area contributed by atoms with E-state index in [4.69, 9.17) is 19.3 Å². The molecule has 2 heterocycles. The van der Waals surface area contributed by atoms with Crippen LogP contribution >= 0.6 is 0 Å². The number of hydrogen-bond donors (Lipinski definition) is 4. The van der Waals surface area contributed by atoms with Crippen LogP contribution in [0.15, 0.2) is 24.4 Å². The molecule has 0 saturated carbocycles. The number of carboxylic acid groups (broad SMARTS) is 1. The molecule has 0 bridgehead atoms. The number of carboxylic acids is 1. The molecule has 38 heavy (non-hydrogen) atoms. The van der Waals surface area contributed by atoms with Crippen LogP contribution in [-0.4, -0.2) is 85.3 Å². The van der Waals surface area contributed by atoms with Crippen molar-refractivity contribution < 1.29 is 33.3 Å². The smallest absolute Gasteiger partial charge is 0.329 e. The zero-order chi connectivity index (χ0) is 27.5. The van der Waals surface area contributed by atoms with Gasteiger partial charge in [0.05, 0.1) is 38.7 Å². The molecule has 0 spiro atoms. The van der Waals surface area contributed by atoms with E-state index in [9.17, 15) is 14.0 Å². The molecule has 204 valence electrons. The average molecular weight is 531 g/mol. The number of urea groups is 1. The number of ether oxygens (including phenoxy) is 3. The standard InChI is InChI=1S/C25H31FN6O6/c1-15-10-20(26)21(31-25(35)28-4-5-36-6-7-37-8-9-38-14-22(33)34)12-18(15)19-11-17-13-29-24(27-3)32-23(17)30-16(19)2/h10-13H,4-9,14H2,1-3H3,(H,33,34)(H2,28,31,35)(H,27,29,30,32). The summed E-state index contributed by atoms with van der Waals surface area (Å²) in [5.41, 5.74) is 3.48. The summed E-state index contributed by atoms with van der Waals surface area (Å²) in [7, 11) is 1.73. The van der Waals surface area contributed by atoms with Crippen molar-refractivity contribution in [3.05, 3.63) is 41.5 Å². The fourth-order valence-corrected chi connectivity index (χ4v) is 3.51. The van der Waals surface area contributed by atoms with Crippen LogP contribution in [0.3, 0.4) is 0 Å². The van der Waals surface area contributed by atoms with Crippen molar-refractivity contribution in [1.82, 2.24) is 20.3 Å². The molecule has 3 aromatic rings. The van der Waals surface area contributed by atoms with Gasteiger partial charge < -0.3 is 35.3 Å². The summed E-state index contributed by atoms with van der Waals surface area (Å²) < 4.78 is 30.1. The molecule has 0 unspecified atom stereocenters. The lowest BCUT2D eigenvalue weighted by molar-refractivity contribution is -0.142. The van der Waals surface area contributed by atoms with Gasteiger partial charge in [-0.05, 0) is 43.2 Å². The second-order valence-electron chi connectivity index (χ2n) is 8.18.